The van der Waals surface area contributed by atoms with Crippen molar-refractivity contribution in [3.63, 3.8) is 0 Å². The van der Waals surface area contributed by atoms with E-state index < -0.39 is 0 Å². The lowest BCUT2D eigenvalue weighted by atomic mass is 9.63. The van der Waals surface area contributed by atoms with Gasteiger partial charge in [0, 0.05) is 12.6 Å². The molecule has 1 heteroatoms. The van der Waals surface area contributed by atoms with Crippen LogP contribution in [-0.2, 0) is 0 Å². The van der Waals surface area contributed by atoms with Crippen molar-refractivity contribution in [1.82, 2.24) is 5.32 Å². The standard InChI is InChI=1S/C15H29N/c1-13(2)8-12(9-14(3,4)10-13)16-11-15(5)6-7-15/h12,16H,6-11H2,1-5H3. The Hall–Kier alpha value is -0.0400. The maximum atomic E-state index is 3.84. The second-order valence-electron chi connectivity index (χ2n) is 8.30. The predicted octanol–water partition coefficient (Wildman–Crippen LogP) is 3.98. The molecule has 0 heterocycles. The zero-order chi connectivity index (χ0) is 12.0. The van der Waals surface area contributed by atoms with E-state index in [1.54, 1.807) is 0 Å². The molecule has 94 valence electrons. The van der Waals surface area contributed by atoms with Gasteiger partial charge in [0.1, 0.15) is 0 Å². The van der Waals surface area contributed by atoms with Crippen LogP contribution in [0.4, 0.5) is 0 Å². The quantitative estimate of drug-likeness (QED) is 0.763. The minimum absolute atomic E-state index is 0.518. The van der Waals surface area contributed by atoms with Crippen LogP contribution in [0.25, 0.3) is 0 Å². The summed E-state index contributed by atoms with van der Waals surface area (Å²) in [6.07, 6.45) is 6.94. The summed E-state index contributed by atoms with van der Waals surface area (Å²) in [4.78, 5) is 0. The van der Waals surface area contributed by atoms with Crippen molar-refractivity contribution < 1.29 is 0 Å². The van der Waals surface area contributed by atoms with Gasteiger partial charge in [-0.3, -0.25) is 0 Å². The topological polar surface area (TPSA) is 12.0 Å². The Morgan fingerprint density at radius 3 is 1.88 bits per heavy atom. The SMILES string of the molecule is CC1(C)CC(NCC2(C)CC2)CC(C)(C)C1. The zero-order valence-corrected chi connectivity index (χ0v) is 11.8. The lowest BCUT2D eigenvalue weighted by Gasteiger charge is -2.45. The molecular weight excluding hydrogens is 194 g/mol. The summed E-state index contributed by atoms with van der Waals surface area (Å²) >= 11 is 0. The maximum absolute atomic E-state index is 3.84. The fourth-order valence-electron chi connectivity index (χ4n) is 3.77. The molecule has 0 aromatic heterocycles. The first-order valence-electron chi connectivity index (χ1n) is 6.93. The van der Waals surface area contributed by atoms with Crippen LogP contribution in [0.5, 0.6) is 0 Å². The molecule has 2 saturated carbocycles. The Labute approximate surface area is 101 Å². The molecule has 1 N–H and O–H groups in total. The predicted molar refractivity (Wildman–Crippen MR) is 70.5 cm³/mol. The van der Waals surface area contributed by atoms with Crippen LogP contribution in [0, 0.1) is 16.2 Å². The van der Waals surface area contributed by atoms with Crippen molar-refractivity contribution in [2.24, 2.45) is 16.2 Å². The fraction of sp³-hybridized carbons (Fsp3) is 1.00. The summed E-state index contributed by atoms with van der Waals surface area (Å²) in [5, 5.41) is 3.84. The number of rotatable bonds is 3. The Morgan fingerprint density at radius 1 is 0.938 bits per heavy atom. The van der Waals surface area contributed by atoms with E-state index in [4.69, 9.17) is 0 Å². The van der Waals surface area contributed by atoms with Crippen LogP contribution in [0.2, 0.25) is 0 Å². The molecule has 0 radical (unpaired) electrons. The van der Waals surface area contributed by atoms with Gasteiger partial charge in [0.15, 0.2) is 0 Å². The van der Waals surface area contributed by atoms with Crippen LogP contribution in [0.3, 0.4) is 0 Å². The van der Waals surface area contributed by atoms with Gasteiger partial charge in [0.2, 0.25) is 0 Å². The molecule has 2 aliphatic carbocycles. The van der Waals surface area contributed by atoms with Gasteiger partial charge in [0.05, 0.1) is 0 Å². The molecule has 16 heavy (non-hydrogen) atoms. The van der Waals surface area contributed by atoms with Crippen molar-refractivity contribution in [2.45, 2.75) is 72.8 Å². The van der Waals surface area contributed by atoms with Crippen LogP contribution in [0.15, 0.2) is 0 Å². The van der Waals surface area contributed by atoms with E-state index in [9.17, 15) is 0 Å². The molecule has 2 fully saturated rings. The van der Waals surface area contributed by atoms with Crippen molar-refractivity contribution in [3.8, 4) is 0 Å². The maximum Gasteiger partial charge on any atom is 0.00774 e. The van der Waals surface area contributed by atoms with E-state index in [1.165, 1.54) is 38.6 Å². The summed E-state index contributed by atoms with van der Waals surface area (Å²) in [6.45, 7) is 13.4. The van der Waals surface area contributed by atoms with Gasteiger partial charge in [-0.25, -0.2) is 0 Å². The van der Waals surface area contributed by atoms with E-state index in [-0.39, 0.29) is 0 Å². The van der Waals surface area contributed by atoms with Gasteiger partial charge in [-0.15, -0.1) is 0 Å². The van der Waals surface area contributed by atoms with Gasteiger partial charge >= 0.3 is 0 Å². The van der Waals surface area contributed by atoms with Gasteiger partial charge in [-0.05, 0) is 48.3 Å². The monoisotopic (exact) mass is 223 g/mol. The summed E-state index contributed by atoms with van der Waals surface area (Å²) < 4.78 is 0. The molecular formula is C15H29N. The Balaban J connectivity index is 1.89. The normalized spacial score (nSPS) is 31.3. The number of hydrogen-bond donors (Lipinski definition) is 1. The molecule has 0 unspecified atom stereocenters. The third kappa shape index (κ3) is 3.23. The molecule has 2 aliphatic rings. The first-order chi connectivity index (χ1) is 7.20. The smallest absolute Gasteiger partial charge is 0.00774 e. The third-order valence-electron chi connectivity index (χ3n) is 4.48. The third-order valence-corrected chi connectivity index (χ3v) is 4.48. The minimum Gasteiger partial charge on any atom is -0.313 e. The molecule has 1 nitrogen and oxygen atoms in total. The first kappa shape index (κ1) is 12.4. The van der Waals surface area contributed by atoms with E-state index in [0.717, 1.165) is 6.04 Å². The molecule has 2 rings (SSSR count). The highest BCUT2D eigenvalue weighted by molar-refractivity contribution is 4.95. The highest BCUT2D eigenvalue weighted by atomic mass is 14.9. The summed E-state index contributed by atoms with van der Waals surface area (Å²) in [6, 6.07) is 0.746. The second-order valence-corrected chi connectivity index (χ2v) is 8.30. The Morgan fingerprint density at radius 2 is 1.44 bits per heavy atom. The van der Waals surface area contributed by atoms with Crippen molar-refractivity contribution in [1.29, 1.82) is 0 Å². The largest absolute Gasteiger partial charge is 0.313 e. The Bertz CT molecular complexity index is 245. The molecule has 0 aromatic carbocycles. The van der Waals surface area contributed by atoms with Crippen molar-refractivity contribution in [2.75, 3.05) is 6.54 Å². The average molecular weight is 223 g/mol. The first-order valence-corrected chi connectivity index (χ1v) is 6.93. The molecule has 0 amide bonds. The Kier molecular flexibility index (Phi) is 2.89. The van der Waals surface area contributed by atoms with Gasteiger partial charge in [0.25, 0.3) is 0 Å². The molecule has 0 aliphatic heterocycles. The van der Waals surface area contributed by atoms with Crippen LogP contribution in [0.1, 0.15) is 66.7 Å². The average Bonchev–Trinajstić information content (AvgIpc) is 2.76. The van der Waals surface area contributed by atoms with E-state index in [1.807, 2.05) is 0 Å². The van der Waals surface area contributed by atoms with Crippen molar-refractivity contribution >= 4 is 0 Å². The minimum atomic E-state index is 0.518. The summed E-state index contributed by atoms with van der Waals surface area (Å²) in [5.74, 6) is 0. The van der Waals surface area contributed by atoms with Crippen molar-refractivity contribution in [3.05, 3.63) is 0 Å². The van der Waals surface area contributed by atoms with E-state index >= 15 is 0 Å². The lowest BCUT2D eigenvalue weighted by molar-refractivity contribution is 0.0831. The molecule has 0 bridgehead atoms. The summed E-state index contributed by atoms with van der Waals surface area (Å²) in [5.41, 5.74) is 1.68. The number of hydrogen-bond acceptors (Lipinski definition) is 1. The molecule has 0 atom stereocenters. The highest BCUT2D eigenvalue weighted by Crippen LogP contribution is 2.47. The van der Waals surface area contributed by atoms with Gasteiger partial charge in [-0.1, -0.05) is 34.6 Å². The van der Waals surface area contributed by atoms with E-state index in [0.29, 0.717) is 16.2 Å². The lowest BCUT2D eigenvalue weighted by Crippen LogP contribution is -2.45. The van der Waals surface area contributed by atoms with Crippen LogP contribution < -0.4 is 5.32 Å². The second kappa shape index (κ2) is 3.73. The molecule has 0 spiro atoms. The fourth-order valence-corrected chi connectivity index (χ4v) is 3.77. The zero-order valence-electron chi connectivity index (χ0n) is 11.8. The molecule has 0 aromatic rings. The number of nitrogens with one attached hydrogen (secondary N) is 1. The van der Waals surface area contributed by atoms with Gasteiger partial charge < -0.3 is 5.32 Å². The molecule has 0 saturated heterocycles. The van der Waals surface area contributed by atoms with E-state index in [2.05, 4.69) is 39.9 Å². The van der Waals surface area contributed by atoms with Gasteiger partial charge in [-0.2, -0.15) is 0 Å². The van der Waals surface area contributed by atoms with Crippen LogP contribution >= 0.6 is 0 Å². The summed E-state index contributed by atoms with van der Waals surface area (Å²) in [7, 11) is 0. The van der Waals surface area contributed by atoms with Crippen LogP contribution in [-0.4, -0.2) is 12.6 Å². The highest BCUT2D eigenvalue weighted by Gasteiger charge is 2.41.